The van der Waals surface area contributed by atoms with Crippen molar-refractivity contribution >= 4 is 29.3 Å². The molecular formula is C18H23NO3S. The van der Waals surface area contributed by atoms with Gasteiger partial charge in [0.25, 0.3) is 5.91 Å². The lowest BCUT2D eigenvalue weighted by Crippen LogP contribution is -2.23. The summed E-state index contributed by atoms with van der Waals surface area (Å²) in [6.45, 7) is -0.206. The van der Waals surface area contributed by atoms with Crippen LogP contribution in [-0.2, 0) is 14.3 Å². The quantitative estimate of drug-likeness (QED) is 0.637. The van der Waals surface area contributed by atoms with Gasteiger partial charge in [-0.05, 0) is 55.4 Å². The zero-order valence-corrected chi connectivity index (χ0v) is 14.2. The first kappa shape index (κ1) is 16.4. The maximum Gasteiger partial charge on any atom is 0.306 e. The van der Waals surface area contributed by atoms with Crippen molar-refractivity contribution in [2.75, 3.05) is 18.2 Å². The molecule has 0 aliphatic heterocycles. The lowest BCUT2D eigenvalue weighted by Gasteiger charge is -2.20. The lowest BCUT2D eigenvalue weighted by atomic mass is 9.86. The minimum absolute atomic E-state index is 0.206. The number of carbonyl (C=O) groups is 2. The number of carbonyl (C=O) groups excluding carboxylic acids is 2. The summed E-state index contributed by atoms with van der Waals surface area (Å²) < 4.78 is 5.16. The number of hydrogen-bond acceptors (Lipinski definition) is 4. The van der Waals surface area contributed by atoms with Crippen LogP contribution in [0.1, 0.15) is 32.1 Å². The van der Waals surface area contributed by atoms with Crippen LogP contribution in [0.2, 0.25) is 0 Å². The summed E-state index contributed by atoms with van der Waals surface area (Å²) >= 11 is 1.57. The summed E-state index contributed by atoms with van der Waals surface area (Å²) in [5.41, 5.74) is 0.758. The number of fused-ring (bicyclic) bond motifs is 2. The number of thioether (sulfide) groups is 1. The fourth-order valence-corrected chi connectivity index (χ4v) is 4.53. The predicted molar refractivity (Wildman–Crippen MR) is 91.4 cm³/mol. The average Bonchev–Trinajstić information content (AvgIpc) is 3.16. The van der Waals surface area contributed by atoms with Gasteiger partial charge in [-0.25, -0.2) is 0 Å². The van der Waals surface area contributed by atoms with Crippen molar-refractivity contribution in [1.29, 1.82) is 0 Å². The molecule has 124 valence electrons. The molecule has 3 rings (SSSR count). The molecular weight excluding hydrogens is 310 g/mol. The largest absolute Gasteiger partial charge is 0.456 e. The van der Waals surface area contributed by atoms with Gasteiger partial charge in [0.2, 0.25) is 0 Å². The second-order valence-electron chi connectivity index (χ2n) is 6.55. The zero-order valence-electron chi connectivity index (χ0n) is 13.4. The van der Waals surface area contributed by atoms with E-state index in [1.54, 1.807) is 11.8 Å². The highest BCUT2D eigenvalue weighted by Crippen LogP contribution is 2.49. The third kappa shape index (κ3) is 4.08. The van der Waals surface area contributed by atoms with Crippen LogP contribution in [0.4, 0.5) is 5.69 Å². The van der Waals surface area contributed by atoms with E-state index in [1.165, 1.54) is 19.3 Å². The van der Waals surface area contributed by atoms with Crippen LogP contribution in [0, 0.1) is 17.8 Å². The van der Waals surface area contributed by atoms with Crippen LogP contribution in [0.15, 0.2) is 29.2 Å². The Morgan fingerprint density at radius 2 is 2.09 bits per heavy atom. The van der Waals surface area contributed by atoms with Crippen molar-refractivity contribution in [2.24, 2.45) is 17.8 Å². The van der Waals surface area contributed by atoms with Gasteiger partial charge in [0.15, 0.2) is 6.61 Å². The molecule has 0 saturated heterocycles. The van der Waals surface area contributed by atoms with E-state index in [1.807, 2.05) is 30.5 Å². The first-order valence-corrected chi connectivity index (χ1v) is 9.46. The van der Waals surface area contributed by atoms with E-state index in [-0.39, 0.29) is 18.5 Å². The molecule has 2 fully saturated rings. The van der Waals surface area contributed by atoms with Crippen LogP contribution in [0.3, 0.4) is 0 Å². The minimum Gasteiger partial charge on any atom is -0.456 e. The minimum atomic E-state index is -0.284. The molecule has 5 heteroatoms. The second-order valence-corrected chi connectivity index (χ2v) is 7.40. The molecule has 0 heterocycles. The fourth-order valence-electron chi connectivity index (χ4n) is 3.98. The van der Waals surface area contributed by atoms with E-state index < -0.39 is 0 Å². The maximum atomic E-state index is 12.0. The summed E-state index contributed by atoms with van der Waals surface area (Å²) in [6, 6.07) is 7.59. The van der Waals surface area contributed by atoms with Crippen LogP contribution < -0.4 is 5.32 Å². The molecule has 0 spiro atoms. The molecule has 2 aliphatic rings. The Labute approximate surface area is 141 Å². The molecule has 2 bridgehead atoms. The molecule has 1 aromatic rings. The van der Waals surface area contributed by atoms with Gasteiger partial charge in [0.1, 0.15) is 0 Å². The molecule has 0 radical (unpaired) electrons. The summed E-state index contributed by atoms with van der Waals surface area (Å²) in [6.07, 6.45) is 7.45. The molecule has 0 unspecified atom stereocenters. The molecule has 1 aromatic carbocycles. The highest BCUT2D eigenvalue weighted by Gasteiger charge is 2.40. The number of anilines is 1. The molecule has 0 aromatic heterocycles. The van der Waals surface area contributed by atoms with E-state index in [0.29, 0.717) is 18.3 Å². The SMILES string of the molecule is CSc1ccccc1NC(=O)COC(=O)C[C@@H]1C[C@@H]2CC[C@@H]1C2. The Kier molecular flexibility index (Phi) is 5.26. The van der Waals surface area contributed by atoms with Crippen molar-refractivity contribution in [3.63, 3.8) is 0 Å². The number of ether oxygens (including phenoxy) is 1. The van der Waals surface area contributed by atoms with Crippen molar-refractivity contribution in [1.82, 2.24) is 0 Å². The molecule has 3 atom stereocenters. The van der Waals surface area contributed by atoms with Gasteiger partial charge in [-0.15, -0.1) is 11.8 Å². The average molecular weight is 333 g/mol. The van der Waals surface area contributed by atoms with Crippen LogP contribution in [-0.4, -0.2) is 24.7 Å². The van der Waals surface area contributed by atoms with E-state index in [4.69, 9.17) is 4.74 Å². The maximum absolute atomic E-state index is 12.0. The summed E-state index contributed by atoms with van der Waals surface area (Å²) in [5, 5.41) is 2.80. The van der Waals surface area contributed by atoms with Crippen LogP contribution in [0.25, 0.3) is 0 Å². The summed E-state index contributed by atoms with van der Waals surface area (Å²) in [7, 11) is 0. The van der Waals surface area contributed by atoms with Gasteiger partial charge in [-0.2, -0.15) is 0 Å². The molecule has 1 amide bonds. The normalized spacial score (nSPS) is 25.3. The van der Waals surface area contributed by atoms with Crippen LogP contribution in [0.5, 0.6) is 0 Å². The topological polar surface area (TPSA) is 55.4 Å². The molecule has 2 saturated carbocycles. The van der Waals surface area contributed by atoms with Crippen molar-refractivity contribution < 1.29 is 14.3 Å². The summed E-state index contributed by atoms with van der Waals surface area (Å²) in [5.74, 6) is 1.48. The number of benzene rings is 1. The van der Waals surface area contributed by atoms with Gasteiger partial charge in [0, 0.05) is 11.3 Å². The number of amides is 1. The lowest BCUT2D eigenvalue weighted by molar-refractivity contribution is -0.148. The molecule has 2 aliphatic carbocycles. The van der Waals surface area contributed by atoms with Crippen molar-refractivity contribution in [3.8, 4) is 0 Å². The van der Waals surface area contributed by atoms with E-state index in [2.05, 4.69) is 5.32 Å². The van der Waals surface area contributed by atoms with Gasteiger partial charge < -0.3 is 10.1 Å². The Morgan fingerprint density at radius 1 is 1.26 bits per heavy atom. The highest BCUT2D eigenvalue weighted by molar-refractivity contribution is 7.98. The molecule has 23 heavy (non-hydrogen) atoms. The van der Waals surface area contributed by atoms with Crippen LogP contribution >= 0.6 is 11.8 Å². The molecule has 4 nitrogen and oxygen atoms in total. The number of hydrogen-bond donors (Lipinski definition) is 1. The Bertz CT molecular complexity index is 589. The standard InChI is InChI=1S/C18H23NO3S/c1-23-16-5-3-2-4-15(16)19-17(20)11-22-18(21)10-14-9-12-6-7-13(14)8-12/h2-5,12-14H,6-11H2,1H3,(H,19,20)/t12-,13-,14+/m1/s1. The first-order chi connectivity index (χ1) is 11.2. The number of para-hydroxylation sites is 1. The fraction of sp³-hybridized carbons (Fsp3) is 0.556. The summed E-state index contributed by atoms with van der Waals surface area (Å²) in [4.78, 5) is 24.9. The van der Waals surface area contributed by atoms with E-state index in [0.717, 1.165) is 22.9 Å². The third-order valence-corrected chi connectivity index (χ3v) is 5.85. The van der Waals surface area contributed by atoms with Gasteiger partial charge >= 0.3 is 5.97 Å². The second kappa shape index (κ2) is 7.39. The zero-order chi connectivity index (χ0) is 16.2. The highest BCUT2D eigenvalue weighted by atomic mass is 32.2. The van der Waals surface area contributed by atoms with E-state index in [9.17, 15) is 9.59 Å². The third-order valence-electron chi connectivity index (χ3n) is 5.06. The van der Waals surface area contributed by atoms with Gasteiger partial charge in [-0.3, -0.25) is 9.59 Å². The predicted octanol–water partition coefficient (Wildman–Crippen LogP) is 3.72. The molecule has 1 N–H and O–H groups in total. The number of esters is 1. The number of rotatable bonds is 6. The van der Waals surface area contributed by atoms with Crippen molar-refractivity contribution in [3.05, 3.63) is 24.3 Å². The van der Waals surface area contributed by atoms with Gasteiger partial charge in [-0.1, -0.05) is 18.6 Å². The first-order valence-electron chi connectivity index (χ1n) is 8.24. The smallest absolute Gasteiger partial charge is 0.306 e. The van der Waals surface area contributed by atoms with Gasteiger partial charge in [0.05, 0.1) is 5.69 Å². The Hall–Kier alpha value is -1.49. The Balaban J connectivity index is 1.42. The monoisotopic (exact) mass is 333 g/mol. The van der Waals surface area contributed by atoms with E-state index >= 15 is 0 Å². The Morgan fingerprint density at radius 3 is 2.78 bits per heavy atom. The number of nitrogens with one attached hydrogen (secondary N) is 1. The van der Waals surface area contributed by atoms with Crippen molar-refractivity contribution in [2.45, 2.75) is 37.0 Å².